The first-order valence-corrected chi connectivity index (χ1v) is 9.42. The molecule has 0 unspecified atom stereocenters. The molecule has 2 aliphatic heterocycles. The van der Waals surface area contributed by atoms with Gasteiger partial charge in [0.2, 0.25) is 0 Å². The summed E-state index contributed by atoms with van der Waals surface area (Å²) in [6.07, 6.45) is 2.14. The second kappa shape index (κ2) is 6.03. The van der Waals surface area contributed by atoms with Gasteiger partial charge in [-0.2, -0.15) is 0 Å². The van der Waals surface area contributed by atoms with Crippen LogP contribution in [0.25, 0.3) is 5.57 Å². The number of anilines is 1. The molecule has 2 aliphatic rings. The highest BCUT2D eigenvalue weighted by atomic mass is 16.2. The van der Waals surface area contributed by atoms with Crippen LogP contribution >= 0.6 is 0 Å². The van der Waals surface area contributed by atoms with Crippen molar-refractivity contribution in [2.75, 3.05) is 4.90 Å². The monoisotopic (exact) mass is 365 g/mol. The molecule has 3 heteroatoms. The number of para-hydroxylation sites is 1. The van der Waals surface area contributed by atoms with Crippen LogP contribution in [0, 0.1) is 6.92 Å². The number of benzene rings is 3. The molecule has 3 aromatic rings. The van der Waals surface area contributed by atoms with Crippen LogP contribution in [0.3, 0.4) is 0 Å². The van der Waals surface area contributed by atoms with E-state index >= 15 is 0 Å². The van der Waals surface area contributed by atoms with Crippen molar-refractivity contribution in [3.8, 4) is 0 Å². The van der Waals surface area contributed by atoms with Crippen molar-refractivity contribution < 1.29 is 9.59 Å². The zero-order valence-electron chi connectivity index (χ0n) is 15.6. The van der Waals surface area contributed by atoms with Crippen LogP contribution in [-0.2, 0) is 10.3 Å². The maximum Gasteiger partial charge on any atom is 0.252 e. The number of carbonyl (C=O) groups is 2. The molecular formula is C25H19NO2. The molecule has 0 fully saturated rings. The minimum absolute atomic E-state index is 0.0106. The fraction of sp³-hybridized carbons (Fsp3) is 0.120. The third kappa shape index (κ3) is 2.23. The average Bonchev–Trinajstić information content (AvgIpc) is 2.99. The van der Waals surface area contributed by atoms with Gasteiger partial charge in [-0.1, -0.05) is 72.3 Å². The lowest BCUT2D eigenvalue weighted by molar-refractivity contribution is -0.115. The Morgan fingerprint density at radius 1 is 0.857 bits per heavy atom. The molecule has 0 aliphatic carbocycles. The minimum atomic E-state index is -1.04. The lowest BCUT2D eigenvalue weighted by Crippen LogP contribution is -2.52. The quantitative estimate of drug-likeness (QED) is 0.647. The molecule has 0 spiro atoms. The predicted molar refractivity (Wildman–Crippen MR) is 110 cm³/mol. The number of hydrogen-bond donors (Lipinski definition) is 0. The third-order valence-corrected chi connectivity index (χ3v) is 5.75. The van der Waals surface area contributed by atoms with Gasteiger partial charge in [-0.05, 0) is 35.8 Å². The second-order valence-corrected chi connectivity index (χ2v) is 7.46. The van der Waals surface area contributed by atoms with Crippen LogP contribution in [0.1, 0.15) is 33.5 Å². The first-order chi connectivity index (χ1) is 13.6. The van der Waals surface area contributed by atoms with Crippen molar-refractivity contribution in [1.29, 1.82) is 0 Å². The second-order valence-electron chi connectivity index (χ2n) is 7.46. The Balaban J connectivity index is 1.78. The Bertz CT molecular complexity index is 1150. The molecule has 0 radical (unpaired) electrons. The van der Waals surface area contributed by atoms with E-state index in [9.17, 15) is 9.59 Å². The molecule has 0 saturated carbocycles. The van der Waals surface area contributed by atoms with Gasteiger partial charge in [-0.3, -0.25) is 14.5 Å². The summed E-state index contributed by atoms with van der Waals surface area (Å²) in [6, 6.07) is 25.2. The molecule has 5 rings (SSSR count). The van der Waals surface area contributed by atoms with Gasteiger partial charge in [0, 0.05) is 18.1 Å². The van der Waals surface area contributed by atoms with Crippen LogP contribution < -0.4 is 4.90 Å². The zero-order valence-corrected chi connectivity index (χ0v) is 15.6. The standard InChI is InChI=1S/C25H19NO2/c1-17-8-7-11-20(14-17)25-16-19(18-9-3-2-4-10-18)15-23(27)26(25)22-13-6-5-12-21(22)24(25)28/h2-15H,16H2,1H3/t25-/m0/s1. The normalized spacial score (nSPS) is 20.6. The van der Waals surface area contributed by atoms with Gasteiger partial charge in [0.25, 0.3) is 5.91 Å². The fourth-order valence-electron chi connectivity index (χ4n) is 4.50. The van der Waals surface area contributed by atoms with E-state index in [2.05, 4.69) is 0 Å². The summed E-state index contributed by atoms with van der Waals surface area (Å²) in [6.45, 7) is 2.01. The predicted octanol–water partition coefficient (Wildman–Crippen LogP) is 4.91. The Labute approximate surface area is 163 Å². The first kappa shape index (κ1) is 16.7. The summed E-state index contributed by atoms with van der Waals surface area (Å²) >= 11 is 0. The fourth-order valence-corrected chi connectivity index (χ4v) is 4.50. The van der Waals surface area contributed by atoms with E-state index in [1.54, 1.807) is 11.0 Å². The van der Waals surface area contributed by atoms with Crippen LogP contribution in [0.15, 0.2) is 84.9 Å². The highest BCUT2D eigenvalue weighted by molar-refractivity contribution is 6.25. The summed E-state index contributed by atoms with van der Waals surface area (Å²) in [4.78, 5) is 28.8. The molecule has 0 aromatic heterocycles. The summed E-state index contributed by atoms with van der Waals surface area (Å²) < 4.78 is 0. The van der Waals surface area contributed by atoms with E-state index in [0.29, 0.717) is 17.7 Å². The average molecular weight is 365 g/mol. The van der Waals surface area contributed by atoms with Gasteiger partial charge >= 0.3 is 0 Å². The van der Waals surface area contributed by atoms with Crippen molar-refractivity contribution in [3.05, 3.63) is 107 Å². The SMILES string of the molecule is Cc1cccc([C@]23CC(c4ccccc4)=CC(=O)N2c2ccccc2C3=O)c1. The van der Waals surface area contributed by atoms with Crippen molar-refractivity contribution >= 4 is 23.0 Å². The highest BCUT2D eigenvalue weighted by Crippen LogP contribution is 2.51. The van der Waals surface area contributed by atoms with Crippen LogP contribution in [0.5, 0.6) is 0 Å². The molecular weight excluding hydrogens is 346 g/mol. The van der Waals surface area contributed by atoms with E-state index in [0.717, 1.165) is 22.3 Å². The number of rotatable bonds is 2. The number of carbonyl (C=O) groups excluding carboxylic acids is 2. The number of hydrogen-bond acceptors (Lipinski definition) is 2. The molecule has 0 N–H and O–H groups in total. The number of nitrogens with zero attached hydrogens (tertiary/aromatic N) is 1. The maximum atomic E-state index is 13.8. The number of Topliss-reactive ketones (excluding diaryl/α,β-unsaturated/α-hetero) is 1. The van der Waals surface area contributed by atoms with Gasteiger partial charge in [-0.25, -0.2) is 0 Å². The van der Waals surface area contributed by atoms with Gasteiger partial charge in [0.05, 0.1) is 5.69 Å². The molecule has 136 valence electrons. The molecule has 3 nitrogen and oxygen atoms in total. The van der Waals surface area contributed by atoms with Gasteiger partial charge < -0.3 is 0 Å². The van der Waals surface area contributed by atoms with E-state index in [1.807, 2.05) is 85.8 Å². The molecule has 28 heavy (non-hydrogen) atoms. The van der Waals surface area contributed by atoms with E-state index in [1.165, 1.54) is 0 Å². The van der Waals surface area contributed by atoms with Crippen molar-refractivity contribution in [3.63, 3.8) is 0 Å². The van der Waals surface area contributed by atoms with Gasteiger partial charge in [0.15, 0.2) is 5.78 Å². The highest BCUT2D eigenvalue weighted by Gasteiger charge is 2.56. The lowest BCUT2D eigenvalue weighted by Gasteiger charge is -2.41. The summed E-state index contributed by atoms with van der Waals surface area (Å²) in [5.41, 5.74) is 4.08. The summed E-state index contributed by atoms with van der Waals surface area (Å²) in [7, 11) is 0. The third-order valence-electron chi connectivity index (χ3n) is 5.75. The summed E-state index contributed by atoms with van der Waals surface area (Å²) in [5.74, 6) is -0.159. The van der Waals surface area contributed by atoms with Crippen molar-refractivity contribution in [2.24, 2.45) is 0 Å². The minimum Gasteiger partial charge on any atom is -0.291 e. The molecule has 0 saturated heterocycles. The maximum absolute atomic E-state index is 13.8. The molecule has 0 bridgehead atoms. The topological polar surface area (TPSA) is 37.4 Å². The molecule has 1 amide bonds. The number of fused-ring (bicyclic) bond motifs is 3. The first-order valence-electron chi connectivity index (χ1n) is 9.42. The van der Waals surface area contributed by atoms with Gasteiger partial charge in [-0.15, -0.1) is 0 Å². The number of amides is 1. The Kier molecular flexibility index (Phi) is 3.59. The van der Waals surface area contributed by atoms with Crippen LogP contribution in [0.4, 0.5) is 5.69 Å². The number of aryl methyl sites for hydroxylation is 1. The zero-order chi connectivity index (χ0) is 19.3. The van der Waals surface area contributed by atoms with Gasteiger partial charge in [0.1, 0.15) is 5.54 Å². The summed E-state index contributed by atoms with van der Waals surface area (Å²) in [5, 5.41) is 0. The van der Waals surface area contributed by atoms with Crippen LogP contribution in [-0.4, -0.2) is 11.7 Å². The van der Waals surface area contributed by atoms with Crippen molar-refractivity contribution in [1.82, 2.24) is 0 Å². The molecule has 1 atom stereocenters. The Morgan fingerprint density at radius 3 is 2.39 bits per heavy atom. The Morgan fingerprint density at radius 2 is 1.61 bits per heavy atom. The van der Waals surface area contributed by atoms with E-state index < -0.39 is 5.54 Å². The largest absolute Gasteiger partial charge is 0.291 e. The van der Waals surface area contributed by atoms with Crippen molar-refractivity contribution in [2.45, 2.75) is 18.9 Å². The van der Waals surface area contributed by atoms with E-state index in [4.69, 9.17) is 0 Å². The smallest absolute Gasteiger partial charge is 0.252 e. The van der Waals surface area contributed by atoms with Crippen LogP contribution in [0.2, 0.25) is 0 Å². The lowest BCUT2D eigenvalue weighted by atomic mass is 9.75. The molecule has 2 heterocycles. The number of ketones is 1. The van der Waals surface area contributed by atoms with E-state index in [-0.39, 0.29) is 11.7 Å². The molecule has 3 aromatic carbocycles. The Hall–Kier alpha value is -3.46.